The molecule has 7 atom stereocenters. The summed E-state index contributed by atoms with van der Waals surface area (Å²) < 4.78 is 47.7. The predicted molar refractivity (Wildman–Crippen MR) is 244 cm³/mol. The van der Waals surface area contributed by atoms with Gasteiger partial charge in [-0.2, -0.15) is 0 Å². The molecule has 0 aromatic rings. The molecule has 1 unspecified atom stereocenters. The Morgan fingerprint density at radius 3 is 1.83 bits per heavy atom. The van der Waals surface area contributed by atoms with Crippen molar-refractivity contribution < 1.29 is 76.6 Å². The first kappa shape index (κ1) is 59.2. The molecule has 366 valence electrons. The smallest absolute Gasteiger partial charge is 0.462 e. The van der Waals surface area contributed by atoms with Gasteiger partial charge in [0.15, 0.2) is 6.10 Å². The molecular weight excluding hydrogens is 870 g/mol. The average Bonchev–Trinajstić information content (AvgIpc) is 3.51. The molecule has 1 aliphatic rings. The molecule has 1 saturated carbocycles. The molecule has 0 bridgehead atoms. The number of esters is 2. The number of aliphatic hydroxyl groups excluding tert-OH is 3. The molecule has 0 heterocycles. The van der Waals surface area contributed by atoms with Gasteiger partial charge in [-0.1, -0.05) is 119 Å². The molecule has 1 rings (SSSR count). The van der Waals surface area contributed by atoms with Crippen LogP contribution in [0.15, 0.2) is 72.9 Å². The van der Waals surface area contributed by atoms with Gasteiger partial charge in [-0.05, 0) is 70.6 Å². The summed E-state index contributed by atoms with van der Waals surface area (Å²) >= 11 is 0. The predicted octanol–water partition coefficient (Wildman–Crippen LogP) is 8.37. The Bertz CT molecular complexity index is 1570. The summed E-state index contributed by atoms with van der Waals surface area (Å²) in [6.45, 7) is 1.24. The number of rotatable bonds is 38. The van der Waals surface area contributed by atoms with Gasteiger partial charge in [0.2, 0.25) is 0 Å². The molecule has 0 aromatic carbocycles. The van der Waals surface area contributed by atoms with E-state index in [1.165, 1.54) is 19.3 Å². The van der Waals surface area contributed by atoms with E-state index in [4.69, 9.17) is 23.8 Å². The van der Waals surface area contributed by atoms with Crippen LogP contribution in [0.4, 0.5) is 0 Å². The number of hydrogen-bond donors (Lipinski definition) is 6. The van der Waals surface area contributed by atoms with Crippen molar-refractivity contribution in [1.29, 1.82) is 0 Å². The average molecular weight is 947 g/mol. The van der Waals surface area contributed by atoms with Crippen molar-refractivity contribution in [3.63, 3.8) is 0 Å². The Morgan fingerprint density at radius 1 is 0.688 bits per heavy atom. The van der Waals surface area contributed by atoms with Crippen LogP contribution in [0.1, 0.15) is 136 Å². The number of ketones is 1. The SMILES string of the molecule is CCCCC/C=C\C/C=C\C/C=C\C/C=C\CCCC(=O)OC[C@H](COP(=O)(O)OC[C@@H](O)COP(=O)(O)O)OC(=O)CCC/C=C\C[C@H]1C(=O)C[C@@H](O)[C@@H]1/C=C/[C@@H](O)CCCCC. The molecule has 16 nitrogen and oxygen atoms in total. The highest BCUT2D eigenvalue weighted by atomic mass is 31.2. The van der Waals surface area contributed by atoms with Gasteiger partial charge < -0.3 is 39.5 Å². The molecule has 0 radical (unpaired) electrons. The quantitative estimate of drug-likeness (QED) is 0.0147. The second kappa shape index (κ2) is 36.3. The lowest BCUT2D eigenvalue weighted by molar-refractivity contribution is -0.161. The summed E-state index contributed by atoms with van der Waals surface area (Å²) in [5.41, 5.74) is 0. The summed E-state index contributed by atoms with van der Waals surface area (Å²) in [7, 11) is -9.81. The number of phosphoric acid groups is 2. The summed E-state index contributed by atoms with van der Waals surface area (Å²) in [4.78, 5) is 65.5. The first-order valence-corrected chi connectivity index (χ1v) is 25.8. The molecule has 18 heteroatoms. The first-order valence-electron chi connectivity index (χ1n) is 22.7. The van der Waals surface area contributed by atoms with Gasteiger partial charge >= 0.3 is 27.6 Å². The molecule has 0 saturated heterocycles. The van der Waals surface area contributed by atoms with Crippen LogP contribution in [-0.2, 0) is 46.6 Å². The van der Waals surface area contributed by atoms with Crippen molar-refractivity contribution in [2.75, 3.05) is 26.4 Å². The Balaban J connectivity index is 2.61. The summed E-state index contributed by atoms with van der Waals surface area (Å²) in [6, 6.07) is 0. The Kier molecular flexibility index (Phi) is 33.6. The second-order valence-electron chi connectivity index (χ2n) is 15.7. The van der Waals surface area contributed by atoms with E-state index >= 15 is 0 Å². The lowest BCUT2D eigenvalue weighted by atomic mass is 9.90. The van der Waals surface area contributed by atoms with E-state index in [0.29, 0.717) is 38.5 Å². The van der Waals surface area contributed by atoms with Crippen LogP contribution in [0, 0.1) is 11.8 Å². The number of hydrogen-bond acceptors (Lipinski definition) is 13. The highest BCUT2D eigenvalue weighted by molar-refractivity contribution is 7.47. The Labute approximate surface area is 380 Å². The highest BCUT2D eigenvalue weighted by Crippen LogP contribution is 2.44. The summed E-state index contributed by atoms with van der Waals surface area (Å²) in [5, 5.41) is 30.5. The monoisotopic (exact) mass is 946 g/mol. The van der Waals surface area contributed by atoms with E-state index < -0.39 is 90.3 Å². The van der Waals surface area contributed by atoms with Gasteiger partial charge in [-0.25, -0.2) is 9.13 Å². The fraction of sp³-hybridized carbons (Fsp3) is 0.674. The molecule has 64 heavy (non-hydrogen) atoms. The van der Waals surface area contributed by atoms with Crippen LogP contribution in [0.25, 0.3) is 0 Å². The van der Waals surface area contributed by atoms with Crippen molar-refractivity contribution in [1.82, 2.24) is 0 Å². The van der Waals surface area contributed by atoms with Crippen LogP contribution in [-0.4, -0.2) is 98.6 Å². The number of allylic oxidation sites excluding steroid dienone is 10. The normalized spacial score (nSPS) is 19.8. The molecule has 0 aromatic heterocycles. The minimum absolute atomic E-state index is 0.0474. The molecule has 0 aliphatic heterocycles. The van der Waals surface area contributed by atoms with Gasteiger partial charge in [0.1, 0.15) is 18.5 Å². The van der Waals surface area contributed by atoms with E-state index in [2.05, 4.69) is 59.4 Å². The fourth-order valence-corrected chi connectivity index (χ4v) is 7.53. The van der Waals surface area contributed by atoms with E-state index in [1.54, 1.807) is 12.2 Å². The van der Waals surface area contributed by atoms with Crippen LogP contribution in [0.2, 0.25) is 0 Å². The number of Topliss-reactive ketones (excluding diaryl/α,β-unsaturated/α-hetero) is 1. The zero-order valence-corrected chi connectivity index (χ0v) is 39.6. The van der Waals surface area contributed by atoms with Crippen LogP contribution >= 0.6 is 15.6 Å². The zero-order chi connectivity index (χ0) is 47.5. The summed E-state index contributed by atoms with van der Waals surface area (Å²) in [6.07, 6.45) is 32.7. The summed E-state index contributed by atoms with van der Waals surface area (Å²) in [5.74, 6) is -2.19. The zero-order valence-electron chi connectivity index (χ0n) is 37.8. The van der Waals surface area contributed by atoms with Gasteiger partial charge in [0.05, 0.1) is 32.0 Å². The molecule has 1 fully saturated rings. The van der Waals surface area contributed by atoms with E-state index in [9.17, 15) is 43.7 Å². The Morgan fingerprint density at radius 2 is 1.22 bits per heavy atom. The third-order valence-corrected chi connectivity index (χ3v) is 11.4. The minimum atomic E-state index is -4.91. The molecule has 6 N–H and O–H groups in total. The van der Waals surface area contributed by atoms with Crippen molar-refractivity contribution in [2.45, 2.75) is 160 Å². The lowest BCUT2D eigenvalue weighted by Gasteiger charge is -2.20. The third kappa shape index (κ3) is 32.7. The van der Waals surface area contributed by atoms with Gasteiger partial charge in [0.25, 0.3) is 0 Å². The molecule has 1 aliphatic carbocycles. The first-order chi connectivity index (χ1) is 30.6. The van der Waals surface area contributed by atoms with Crippen LogP contribution < -0.4 is 0 Å². The topological polar surface area (TPSA) is 253 Å². The maximum absolute atomic E-state index is 12.8. The third-order valence-electron chi connectivity index (χ3n) is 9.93. The molecule has 0 spiro atoms. The van der Waals surface area contributed by atoms with Crippen molar-refractivity contribution in [3.05, 3.63) is 72.9 Å². The van der Waals surface area contributed by atoms with Crippen molar-refractivity contribution >= 4 is 33.4 Å². The lowest BCUT2D eigenvalue weighted by Crippen LogP contribution is -2.29. The van der Waals surface area contributed by atoms with E-state index in [-0.39, 0.29) is 25.0 Å². The Hall–Kier alpha value is -2.85. The number of aliphatic hydroxyl groups is 3. The number of carbonyl (C=O) groups excluding carboxylic acids is 3. The van der Waals surface area contributed by atoms with E-state index in [0.717, 1.165) is 44.9 Å². The van der Waals surface area contributed by atoms with Crippen molar-refractivity contribution in [3.8, 4) is 0 Å². The van der Waals surface area contributed by atoms with Crippen molar-refractivity contribution in [2.24, 2.45) is 11.8 Å². The number of unbranched alkanes of at least 4 members (excludes halogenated alkanes) is 7. The van der Waals surface area contributed by atoms with Gasteiger partial charge in [0, 0.05) is 31.1 Å². The van der Waals surface area contributed by atoms with Crippen LogP contribution in [0.3, 0.4) is 0 Å². The standard InChI is InChI=1S/C46H76O16P2/c1-3-5-7-8-9-10-11-12-13-14-15-16-17-18-19-20-25-29-45(51)58-36-40(37-61-64(56,57)60-35-39(48)34-59-63(53,54)55)62-46(52)30-26-22-21-24-28-41-42(44(50)33-43(41)49)32-31-38(47)27-23-6-4-2/h9-10,12-13,15-16,18-19,21,24,31-32,38-42,44,47-48,50H,3-8,11,14,17,20,22-23,25-30,33-37H2,1-2H3,(H,56,57)(H2,53,54,55)/b10-9-,13-12-,16-15-,19-18-,24-21-,32-31+/t38-,39-,40+,41+,42+,44+/m0/s1. The maximum atomic E-state index is 12.8. The highest BCUT2D eigenvalue weighted by Gasteiger charge is 2.39. The van der Waals surface area contributed by atoms with Gasteiger partial charge in [-0.15, -0.1) is 0 Å². The van der Waals surface area contributed by atoms with E-state index in [1.807, 2.05) is 24.3 Å². The molecular formula is C46H76O16P2. The van der Waals surface area contributed by atoms with Gasteiger partial charge in [-0.3, -0.25) is 28.0 Å². The number of carbonyl (C=O) groups is 3. The molecule has 0 amide bonds. The fourth-order valence-electron chi connectivity index (χ4n) is 6.38. The number of ether oxygens (including phenoxy) is 2. The minimum Gasteiger partial charge on any atom is -0.462 e. The number of phosphoric ester groups is 2. The van der Waals surface area contributed by atoms with Crippen LogP contribution in [0.5, 0.6) is 0 Å². The maximum Gasteiger partial charge on any atom is 0.472 e. The second-order valence-corrected chi connectivity index (χ2v) is 18.4. The largest absolute Gasteiger partial charge is 0.472 e.